The van der Waals surface area contributed by atoms with Gasteiger partial charge in [0.15, 0.2) is 4.80 Å². The average molecular weight is 500 g/mol. The summed E-state index contributed by atoms with van der Waals surface area (Å²) in [5.41, 5.74) is 2.68. The van der Waals surface area contributed by atoms with Crippen molar-refractivity contribution in [3.05, 3.63) is 89.4 Å². The quantitative estimate of drug-likeness (QED) is 0.539. The van der Waals surface area contributed by atoms with Crippen LogP contribution in [0.2, 0.25) is 0 Å². The van der Waals surface area contributed by atoms with Gasteiger partial charge in [0.1, 0.15) is 0 Å². The second-order valence-electron chi connectivity index (χ2n) is 7.17. The Morgan fingerprint density at radius 2 is 1.97 bits per heavy atom. The third-order valence-corrected chi connectivity index (χ3v) is 6.84. The predicted molar refractivity (Wildman–Crippen MR) is 125 cm³/mol. The highest BCUT2D eigenvalue weighted by molar-refractivity contribution is 9.10. The molecular weight excluding hydrogens is 478 g/mol. The van der Waals surface area contributed by atoms with Gasteiger partial charge in [0.05, 0.1) is 34.4 Å². The van der Waals surface area contributed by atoms with Gasteiger partial charge in [-0.25, -0.2) is 4.99 Å². The van der Waals surface area contributed by atoms with Gasteiger partial charge in [0.25, 0.3) is 11.5 Å². The Kier molecular flexibility index (Phi) is 6.11. The minimum Gasteiger partial charge on any atom is -0.472 e. The molecule has 0 radical (unpaired) electrons. The van der Waals surface area contributed by atoms with Crippen LogP contribution in [-0.2, 0) is 4.79 Å². The van der Waals surface area contributed by atoms with Crippen molar-refractivity contribution in [3.8, 4) is 0 Å². The molecule has 6 nitrogen and oxygen atoms in total. The van der Waals surface area contributed by atoms with E-state index in [4.69, 9.17) is 4.42 Å². The van der Waals surface area contributed by atoms with E-state index >= 15 is 0 Å². The maximum Gasteiger partial charge on any atom is 0.271 e. The van der Waals surface area contributed by atoms with E-state index in [1.165, 1.54) is 11.3 Å². The predicted octanol–water partition coefficient (Wildman–Crippen LogP) is 3.46. The van der Waals surface area contributed by atoms with Crippen molar-refractivity contribution in [1.82, 2.24) is 9.47 Å². The van der Waals surface area contributed by atoms with Crippen molar-refractivity contribution in [1.29, 1.82) is 0 Å². The van der Waals surface area contributed by atoms with Crippen LogP contribution in [-0.4, -0.2) is 28.5 Å². The number of furan rings is 1. The van der Waals surface area contributed by atoms with Crippen LogP contribution in [0, 0.1) is 0 Å². The number of halogens is 1. The smallest absolute Gasteiger partial charge is 0.271 e. The summed E-state index contributed by atoms with van der Waals surface area (Å²) in [6.07, 6.45) is 4.95. The molecule has 1 atom stereocenters. The molecule has 0 N–H and O–H groups in total. The fraction of sp³-hybridized carbons (Fsp3) is 0.261. The van der Waals surface area contributed by atoms with Gasteiger partial charge >= 0.3 is 0 Å². The molecule has 1 aliphatic heterocycles. The lowest BCUT2D eigenvalue weighted by Gasteiger charge is -2.29. The molecule has 0 spiro atoms. The highest BCUT2D eigenvalue weighted by Gasteiger charge is 2.34. The largest absolute Gasteiger partial charge is 0.472 e. The number of benzene rings is 1. The van der Waals surface area contributed by atoms with Crippen LogP contribution in [0.5, 0.6) is 0 Å². The Labute approximate surface area is 192 Å². The van der Waals surface area contributed by atoms with Crippen LogP contribution < -0.4 is 14.9 Å². The number of carbonyl (C=O) groups excluding carboxylic acids is 1. The topological polar surface area (TPSA) is 67.8 Å². The Balaban J connectivity index is 1.97. The van der Waals surface area contributed by atoms with E-state index in [-0.39, 0.29) is 11.5 Å². The van der Waals surface area contributed by atoms with Gasteiger partial charge in [-0.05, 0) is 50.6 Å². The molecule has 0 bridgehead atoms. The van der Waals surface area contributed by atoms with Gasteiger partial charge in [0.2, 0.25) is 0 Å². The van der Waals surface area contributed by atoms with Gasteiger partial charge < -0.3 is 9.32 Å². The number of nitrogens with zero attached hydrogens (tertiary/aromatic N) is 3. The summed E-state index contributed by atoms with van der Waals surface area (Å²) in [4.78, 5) is 34.0. The van der Waals surface area contributed by atoms with Crippen LogP contribution in [0.3, 0.4) is 0 Å². The van der Waals surface area contributed by atoms with Crippen molar-refractivity contribution >= 4 is 39.2 Å². The minimum atomic E-state index is -0.538. The zero-order chi connectivity index (χ0) is 22.1. The first-order chi connectivity index (χ1) is 14.9. The third-order valence-electron chi connectivity index (χ3n) is 5.33. The second kappa shape index (κ2) is 8.80. The van der Waals surface area contributed by atoms with E-state index in [2.05, 4.69) is 20.9 Å². The number of likely N-dealkylation sites (N-methyl/N-ethyl adjacent to an activating group) is 1. The molecule has 1 aliphatic rings. The molecule has 0 saturated carbocycles. The standard InChI is InChI=1S/C23H22BrN3O3S/c1-4-26(5-2)22(29)19-14(3)25-23-27(20(19)16-6-8-17(24)9-7-16)21(28)18(31-23)12-15-10-11-30-13-15/h6-13,20H,4-5H2,1-3H3/b18-12+. The molecule has 0 aliphatic carbocycles. The van der Waals surface area contributed by atoms with Crippen molar-refractivity contribution in [2.75, 3.05) is 13.1 Å². The van der Waals surface area contributed by atoms with Crippen LogP contribution in [0.15, 0.2) is 72.8 Å². The van der Waals surface area contributed by atoms with E-state index in [1.54, 1.807) is 34.1 Å². The summed E-state index contributed by atoms with van der Waals surface area (Å²) in [6, 6.07) is 8.98. The fourth-order valence-electron chi connectivity index (χ4n) is 3.75. The van der Waals surface area contributed by atoms with Gasteiger partial charge in [-0.3, -0.25) is 14.2 Å². The van der Waals surface area contributed by atoms with Crippen molar-refractivity contribution in [3.63, 3.8) is 0 Å². The Hall–Kier alpha value is -2.71. The average Bonchev–Trinajstić information content (AvgIpc) is 3.37. The van der Waals surface area contributed by atoms with Crippen molar-refractivity contribution in [2.24, 2.45) is 4.99 Å². The maximum absolute atomic E-state index is 13.5. The summed E-state index contributed by atoms with van der Waals surface area (Å²) in [7, 11) is 0. The van der Waals surface area contributed by atoms with E-state index in [0.717, 1.165) is 15.6 Å². The molecule has 8 heteroatoms. The first-order valence-electron chi connectivity index (χ1n) is 10.0. The molecule has 3 aromatic rings. The van der Waals surface area contributed by atoms with Gasteiger partial charge in [-0.15, -0.1) is 0 Å². The summed E-state index contributed by atoms with van der Waals surface area (Å²) in [6.45, 7) is 6.92. The number of amides is 1. The van der Waals surface area contributed by atoms with E-state index in [9.17, 15) is 9.59 Å². The summed E-state index contributed by atoms with van der Waals surface area (Å²) in [5, 5.41) is 0. The summed E-state index contributed by atoms with van der Waals surface area (Å²) >= 11 is 4.79. The molecule has 160 valence electrons. The van der Waals surface area contributed by atoms with Crippen molar-refractivity contribution in [2.45, 2.75) is 26.8 Å². The molecule has 1 aromatic carbocycles. The minimum absolute atomic E-state index is 0.0942. The lowest BCUT2D eigenvalue weighted by molar-refractivity contribution is -0.127. The number of hydrogen-bond donors (Lipinski definition) is 0. The monoisotopic (exact) mass is 499 g/mol. The van der Waals surface area contributed by atoms with Gasteiger partial charge in [0, 0.05) is 23.1 Å². The van der Waals surface area contributed by atoms with Crippen LogP contribution in [0.4, 0.5) is 0 Å². The molecule has 1 amide bonds. The normalized spacial score (nSPS) is 16.3. The number of carbonyl (C=O) groups is 1. The fourth-order valence-corrected chi connectivity index (χ4v) is 5.06. The van der Waals surface area contributed by atoms with Crippen LogP contribution >= 0.6 is 27.3 Å². The maximum atomic E-state index is 13.5. The van der Waals surface area contributed by atoms with Crippen LogP contribution in [0.25, 0.3) is 6.08 Å². The third kappa shape index (κ3) is 3.97. The highest BCUT2D eigenvalue weighted by Crippen LogP contribution is 2.31. The van der Waals surface area contributed by atoms with Crippen molar-refractivity contribution < 1.29 is 9.21 Å². The molecule has 4 rings (SSSR count). The Morgan fingerprint density at radius 3 is 2.58 bits per heavy atom. The van der Waals surface area contributed by atoms with Gasteiger partial charge in [-0.2, -0.15) is 0 Å². The SMILES string of the molecule is CCN(CC)C(=O)C1=C(C)N=c2s/c(=C/c3ccoc3)c(=O)n2C1c1ccc(Br)cc1. The summed E-state index contributed by atoms with van der Waals surface area (Å²) in [5.74, 6) is -0.0942. The first-order valence-corrected chi connectivity index (χ1v) is 11.6. The number of hydrogen-bond acceptors (Lipinski definition) is 5. The molecule has 0 saturated heterocycles. The van der Waals surface area contributed by atoms with E-state index < -0.39 is 6.04 Å². The number of fused-ring (bicyclic) bond motifs is 1. The number of thiazole rings is 1. The summed E-state index contributed by atoms with van der Waals surface area (Å²) < 4.78 is 8.25. The Morgan fingerprint density at radius 1 is 1.26 bits per heavy atom. The van der Waals surface area contributed by atoms with Crippen LogP contribution in [0.1, 0.15) is 37.9 Å². The molecule has 3 heterocycles. The lowest BCUT2D eigenvalue weighted by atomic mass is 9.94. The van der Waals surface area contributed by atoms with Gasteiger partial charge in [-0.1, -0.05) is 39.4 Å². The molecule has 31 heavy (non-hydrogen) atoms. The number of allylic oxidation sites excluding steroid dienone is 1. The number of aromatic nitrogens is 1. The Bertz CT molecular complexity index is 1310. The first kappa shape index (κ1) is 21.5. The molecular formula is C23H22BrN3O3S. The molecule has 0 fully saturated rings. The molecule has 1 unspecified atom stereocenters. The number of rotatable bonds is 5. The lowest BCUT2D eigenvalue weighted by Crippen LogP contribution is -2.43. The zero-order valence-corrected chi connectivity index (χ0v) is 19.9. The highest BCUT2D eigenvalue weighted by atomic mass is 79.9. The zero-order valence-electron chi connectivity index (χ0n) is 17.5. The van der Waals surface area contributed by atoms with E-state index in [1.807, 2.05) is 45.0 Å². The second-order valence-corrected chi connectivity index (χ2v) is 9.09. The van der Waals surface area contributed by atoms with E-state index in [0.29, 0.717) is 33.7 Å². The molecule has 2 aromatic heterocycles.